The quantitative estimate of drug-likeness (QED) is 0.379. The highest BCUT2D eigenvalue weighted by molar-refractivity contribution is 7.99. The Morgan fingerprint density at radius 2 is 1.81 bits per heavy atom. The highest BCUT2D eigenvalue weighted by Crippen LogP contribution is 2.24. The van der Waals surface area contributed by atoms with Crippen LogP contribution in [-0.2, 0) is 17.9 Å². The van der Waals surface area contributed by atoms with E-state index in [4.69, 9.17) is 0 Å². The van der Waals surface area contributed by atoms with Crippen LogP contribution in [0.2, 0.25) is 0 Å². The van der Waals surface area contributed by atoms with Crippen molar-refractivity contribution in [1.82, 2.24) is 19.1 Å². The molecule has 4 rings (SSSR count). The number of rotatable bonds is 7. The molecule has 0 aliphatic carbocycles. The Labute approximate surface area is 158 Å². The Morgan fingerprint density at radius 1 is 1.07 bits per heavy atom. The lowest BCUT2D eigenvalue weighted by atomic mass is 10.3. The number of H-pyrrole nitrogens is 1. The van der Waals surface area contributed by atoms with Crippen LogP contribution in [0.3, 0.4) is 0 Å². The van der Waals surface area contributed by atoms with Crippen LogP contribution in [0.15, 0.2) is 58.5 Å². The summed E-state index contributed by atoms with van der Waals surface area (Å²) in [6, 6.07) is 15.1. The topological polar surface area (TPSA) is 92.9 Å². The Bertz CT molecular complexity index is 1170. The van der Waals surface area contributed by atoms with Gasteiger partial charge in [-0.3, -0.25) is 9.36 Å². The minimum Gasteiger partial charge on any atom is -0.480 e. The van der Waals surface area contributed by atoms with Gasteiger partial charge in [0.15, 0.2) is 5.16 Å². The number of para-hydroxylation sites is 4. The summed E-state index contributed by atoms with van der Waals surface area (Å²) in [7, 11) is 0. The molecule has 0 atom stereocenters. The van der Waals surface area contributed by atoms with Crippen LogP contribution in [0.4, 0.5) is 0 Å². The standard InChI is InChI=1S/C19H18N4O3S/c24-17(25)12-23-16-9-4-2-7-14(16)21-19(23)27-11-5-10-22-15-8-3-1-6-13(15)20-18(22)26/h1-4,6-9H,5,10-12H2,(H,20,26)(H,24,25). The summed E-state index contributed by atoms with van der Waals surface area (Å²) < 4.78 is 3.45. The first-order chi connectivity index (χ1) is 13.1. The second-order valence-electron chi connectivity index (χ2n) is 6.16. The van der Waals surface area contributed by atoms with Crippen molar-refractivity contribution < 1.29 is 9.90 Å². The Balaban J connectivity index is 1.48. The van der Waals surface area contributed by atoms with Crippen molar-refractivity contribution in [3.05, 3.63) is 59.0 Å². The molecule has 2 aromatic carbocycles. The minimum absolute atomic E-state index is 0.112. The second kappa shape index (κ2) is 7.32. The highest BCUT2D eigenvalue weighted by atomic mass is 32.2. The maximum atomic E-state index is 12.1. The second-order valence-corrected chi connectivity index (χ2v) is 7.23. The molecule has 0 radical (unpaired) electrons. The van der Waals surface area contributed by atoms with Gasteiger partial charge < -0.3 is 14.7 Å². The zero-order valence-electron chi connectivity index (χ0n) is 14.5. The number of fused-ring (bicyclic) bond motifs is 2. The number of aromatic amines is 1. The molecule has 0 aliphatic rings. The Morgan fingerprint density at radius 3 is 2.63 bits per heavy atom. The monoisotopic (exact) mass is 382 g/mol. The van der Waals surface area contributed by atoms with Crippen LogP contribution >= 0.6 is 11.8 Å². The molecule has 0 saturated carbocycles. The molecule has 8 heteroatoms. The molecule has 2 N–H and O–H groups in total. The number of benzene rings is 2. The summed E-state index contributed by atoms with van der Waals surface area (Å²) >= 11 is 1.51. The van der Waals surface area contributed by atoms with Gasteiger partial charge in [-0.15, -0.1) is 0 Å². The predicted molar refractivity (Wildman–Crippen MR) is 105 cm³/mol. The molecule has 0 unspecified atom stereocenters. The molecule has 138 valence electrons. The van der Waals surface area contributed by atoms with E-state index in [1.807, 2.05) is 48.5 Å². The van der Waals surface area contributed by atoms with Crippen LogP contribution < -0.4 is 5.69 Å². The van der Waals surface area contributed by atoms with E-state index in [1.54, 1.807) is 9.13 Å². The summed E-state index contributed by atoms with van der Waals surface area (Å²) in [5.74, 6) is -0.167. The largest absolute Gasteiger partial charge is 0.480 e. The number of thioether (sulfide) groups is 1. The third kappa shape index (κ3) is 3.48. The number of nitrogens with zero attached hydrogens (tertiary/aromatic N) is 3. The van der Waals surface area contributed by atoms with Gasteiger partial charge in [-0.25, -0.2) is 9.78 Å². The molecule has 27 heavy (non-hydrogen) atoms. The molecule has 0 spiro atoms. The number of carboxylic acid groups (broad SMARTS) is 1. The lowest BCUT2D eigenvalue weighted by Gasteiger charge is -2.06. The van der Waals surface area contributed by atoms with Crippen molar-refractivity contribution in [2.75, 3.05) is 5.75 Å². The van der Waals surface area contributed by atoms with Gasteiger partial charge in [0.1, 0.15) is 6.54 Å². The normalized spacial score (nSPS) is 11.4. The molecular weight excluding hydrogens is 364 g/mol. The molecule has 0 aliphatic heterocycles. The number of aryl methyl sites for hydroxylation is 1. The summed E-state index contributed by atoms with van der Waals surface area (Å²) in [6.07, 6.45) is 0.767. The van der Waals surface area contributed by atoms with Gasteiger partial charge in [-0.1, -0.05) is 36.0 Å². The van der Waals surface area contributed by atoms with Gasteiger partial charge in [-0.2, -0.15) is 0 Å². The van der Waals surface area contributed by atoms with Crippen molar-refractivity contribution in [2.45, 2.75) is 24.7 Å². The van der Waals surface area contributed by atoms with Crippen molar-refractivity contribution in [2.24, 2.45) is 0 Å². The third-order valence-electron chi connectivity index (χ3n) is 4.35. The number of carbonyl (C=O) groups is 1. The smallest absolute Gasteiger partial charge is 0.326 e. The Kier molecular flexibility index (Phi) is 4.72. The maximum Gasteiger partial charge on any atom is 0.326 e. The van der Waals surface area contributed by atoms with Crippen LogP contribution in [-0.4, -0.2) is 35.9 Å². The molecule has 0 saturated heterocycles. The average molecular weight is 382 g/mol. The van der Waals surface area contributed by atoms with Gasteiger partial charge in [0.2, 0.25) is 0 Å². The lowest BCUT2D eigenvalue weighted by molar-refractivity contribution is -0.137. The van der Waals surface area contributed by atoms with Gasteiger partial charge >= 0.3 is 11.7 Å². The molecule has 0 fully saturated rings. The number of aromatic nitrogens is 4. The van der Waals surface area contributed by atoms with Crippen molar-refractivity contribution >= 4 is 39.8 Å². The summed E-state index contributed by atoms with van der Waals surface area (Å²) in [4.78, 5) is 30.7. The van der Waals surface area contributed by atoms with E-state index in [2.05, 4.69) is 9.97 Å². The molecule has 2 aromatic heterocycles. The van der Waals surface area contributed by atoms with Crippen molar-refractivity contribution in [3.63, 3.8) is 0 Å². The van der Waals surface area contributed by atoms with E-state index in [1.165, 1.54) is 11.8 Å². The zero-order valence-corrected chi connectivity index (χ0v) is 15.3. The van der Waals surface area contributed by atoms with Gasteiger partial charge in [-0.05, 0) is 30.7 Å². The first-order valence-electron chi connectivity index (χ1n) is 8.61. The molecule has 0 bridgehead atoms. The fraction of sp³-hybridized carbons (Fsp3) is 0.211. The van der Waals surface area contributed by atoms with Crippen molar-refractivity contribution in [3.8, 4) is 0 Å². The first kappa shape index (κ1) is 17.4. The third-order valence-corrected chi connectivity index (χ3v) is 5.41. The lowest BCUT2D eigenvalue weighted by Crippen LogP contribution is -2.17. The maximum absolute atomic E-state index is 12.1. The van der Waals surface area contributed by atoms with E-state index >= 15 is 0 Å². The van der Waals surface area contributed by atoms with E-state index in [0.717, 1.165) is 34.2 Å². The molecular formula is C19H18N4O3S. The van der Waals surface area contributed by atoms with Crippen LogP contribution in [0.1, 0.15) is 6.42 Å². The van der Waals surface area contributed by atoms with E-state index in [0.29, 0.717) is 11.7 Å². The predicted octanol–water partition coefficient (Wildman–Crippen LogP) is 2.95. The fourth-order valence-electron chi connectivity index (χ4n) is 3.17. The van der Waals surface area contributed by atoms with E-state index < -0.39 is 5.97 Å². The number of carboxylic acids is 1. The SMILES string of the molecule is O=C(O)Cn1c(SCCCn2c(=O)[nH]c3ccccc32)nc2ccccc21. The van der Waals surface area contributed by atoms with Crippen LogP contribution in [0.25, 0.3) is 22.1 Å². The summed E-state index contributed by atoms with van der Waals surface area (Å²) in [5, 5.41) is 9.88. The van der Waals surface area contributed by atoms with E-state index in [-0.39, 0.29) is 12.2 Å². The number of nitrogens with one attached hydrogen (secondary N) is 1. The summed E-state index contributed by atoms with van der Waals surface area (Å²) in [6.45, 7) is 0.472. The first-order valence-corrected chi connectivity index (χ1v) is 9.59. The van der Waals surface area contributed by atoms with Gasteiger partial charge in [0.25, 0.3) is 0 Å². The number of aliphatic carboxylic acids is 1. The molecule has 0 amide bonds. The zero-order chi connectivity index (χ0) is 18.8. The molecule has 7 nitrogen and oxygen atoms in total. The van der Waals surface area contributed by atoms with Crippen LogP contribution in [0, 0.1) is 0 Å². The average Bonchev–Trinajstić information content (AvgIpc) is 3.16. The van der Waals surface area contributed by atoms with E-state index in [9.17, 15) is 14.7 Å². The van der Waals surface area contributed by atoms with Crippen LogP contribution in [0.5, 0.6) is 0 Å². The fourth-order valence-corrected chi connectivity index (χ4v) is 4.10. The van der Waals surface area contributed by atoms with Crippen molar-refractivity contribution in [1.29, 1.82) is 0 Å². The number of hydrogen-bond donors (Lipinski definition) is 2. The number of hydrogen-bond acceptors (Lipinski definition) is 4. The molecule has 2 heterocycles. The summed E-state index contributed by atoms with van der Waals surface area (Å²) in [5.41, 5.74) is 3.22. The van der Waals surface area contributed by atoms with Gasteiger partial charge in [0.05, 0.1) is 22.1 Å². The molecule has 4 aromatic rings. The number of imidazole rings is 2. The minimum atomic E-state index is -0.898. The highest BCUT2D eigenvalue weighted by Gasteiger charge is 2.13. The van der Waals surface area contributed by atoms with Gasteiger partial charge in [0, 0.05) is 12.3 Å². The Hall–Kier alpha value is -3.00.